The van der Waals surface area contributed by atoms with Crippen molar-refractivity contribution in [3.63, 3.8) is 0 Å². The maximum atomic E-state index is 13.3. The fourth-order valence-corrected chi connectivity index (χ4v) is 2.99. The van der Waals surface area contributed by atoms with Gasteiger partial charge in [0.2, 0.25) is 5.91 Å². The molecule has 1 aromatic heterocycles. The van der Waals surface area contributed by atoms with Crippen molar-refractivity contribution in [2.24, 2.45) is 0 Å². The van der Waals surface area contributed by atoms with E-state index in [1.807, 2.05) is 35.8 Å². The van der Waals surface area contributed by atoms with Crippen LogP contribution in [0.3, 0.4) is 0 Å². The summed E-state index contributed by atoms with van der Waals surface area (Å²) in [6.07, 6.45) is 0.271. The van der Waals surface area contributed by atoms with E-state index in [-0.39, 0.29) is 18.1 Å². The zero-order chi connectivity index (χ0) is 19.4. The van der Waals surface area contributed by atoms with E-state index < -0.39 is 0 Å². The molecule has 0 aliphatic heterocycles. The second-order valence-electron chi connectivity index (χ2n) is 6.48. The zero-order valence-corrected chi connectivity index (χ0v) is 16.1. The van der Waals surface area contributed by atoms with Crippen LogP contribution < -0.4 is 5.32 Å². The van der Waals surface area contributed by atoms with Crippen molar-refractivity contribution < 1.29 is 9.18 Å². The second-order valence-corrected chi connectivity index (χ2v) is 6.87. The third-order valence-corrected chi connectivity index (χ3v) is 4.65. The monoisotopic (exact) mass is 384 g/mol. The van der Waals surface area contributed by atoms with Crippen molar-refractivity contribution in [2.75, 3.05) is 0 Å². The van der Waals surface area contributed by atoms with Crippen molar-refractivity contribution in [1.29, 1.82) is 0 Å². The first kappa shape index (κ1) is 19.0. The first-order valence-electron chi connectivity index (χ1n) is 8.68. The summed E-state index contributed by atoms with van der Waals surface area (Å²) < 4.78 is 15.6. The number of halogens is 1. The highest BCUT2D eigenvalue weighted by molar-refractivity contribution is 7.71. The topological polar surface area (TPSA) is 62.7 Å². The van der Waals surface area contributed by atoms with Crippen LogP contribution >= 0.6 is 12.2 Å². The Morgan fingerprint density at radius 3 is 2.67 bits per heavy atom. The fourth-order valence-electron chi connectivity index (χ4n) is 2.77. The summed E-state index contributed by atoms with van der Waals surface area (Å²) in [6, 6.07) is 12.8. The summed E-state index contributed by atoms with van der Waals surface area (Å²) in [4.78, 5) is 12.2. The second kappa shape index (κ2) is 8.26. The van der Waals surface area contributed by atoms with Crippen LogP contribution in [0.1, 0.15) is 23.1 Å². The Balaban J connectivity index is 1.62. The Morgan fingerprint density at radius 1 is 1.22 bits per heavy atom. The van der Waals surface area contributed by atoms with Gasteiger partial charge in [0.05, 0.1) is 0 Å². The first-order chi connectivity index (χ1) is 12.9. The number of hydrogen-bond donors (Lipinski definition) is 2. The van der Waals surface area contributed by atoms with Crippen molar-refractivity contribution in [3.8, 4) is 11.4 Å². The summed E-state index contributed by atoms with van der Waals surface area (Å²) in [6.45, 7) is 4.51. The standard InChI is InChI=1S/C20H21FN4OS/c1-13-3-6-16(7-4-13)19-23-24-20(27)25(19)10-9-18(26)22-12-15-5-8-17(21)14(2)11-15/h3-8,11H,9-10,12H2,1-2H3,(H,22,26)(H,24,27). The molecule has 1 amide bonds. The van der Waals surface area contributed by atoms with Gasteiger partial charge in [-0.1, -0.05) is 42.0 Å². The molecule has 0 spiro atoms. The van der Waals surface area contributed by atoms with Gasteiger partial charge in [0.15, 0.2) is 10.6 Å². The van der Waals surface area contributed by atoms with Gasteiger partial charge in [0, 0.05) is 25.1 Å². The number of amides is 1. The number of hydrogen-bond acceptors (Lipinski definition) is 3. The van der Waals surface area contributed by atoms with Crippen LogP contribution in [-0.4, -0.2) is 20.7 Å². The average molecular weight is 384 g/mol. The molecule has 0 fully saturated rings. The molecule has 0 aliphatic carbocycles. The van der Waals surface area contributed by atoms with E-state index in [1.165, 1.54) is 6.07 Å². The average Bonchev–Trinajstić information content (AvgIpc) is 3.02. The summed E-state index contributed by atoms with van der Waals surface area (Å²) in [5, 5.41) is 9.93. The smallest absolute Gasteiger partial charge is 0.222 e. The number of aryl methyl sites for hydroxylation is 2. The van der Waals surface area contributed by atoms with E-state index in [0.29, 0.717) is 29.2 Å². The minimum atomic E-state index is -0.247. The van der Waals surface area contributed by atoms with Gasteiger partial charge in [0.1, 0.15) is 5.82 Å². The van der Waals surface area contributed by atoms with E-state index in [0.717, 1.165) is 16.7 Å². The number of carbonyl (C=O) groups is 1. The molecular weight excluding hydrogens is 363 g/mol. The predicted molar refractivity (Wildman–Crippen MR) is 105 cm³/mol. The van der Waals surface area contributed by atoms with Crippen LogP contribution in [0.2, 0.25) is 0 Å². The molecule has 2 N–H and O–H groups in total. The maximum Gasteiger partial charge on any atom is 0.222 e. The van der Waals surface area contributed by atoms with E-state index in [4.69, 9.17) is 12.2 Å². The molecule has 0 radical (unpaired) electrons. The Morgan fingerprint density at radius 2 is 1.96 bits per heavy atom. The van der Waals surface area contributed by atoms with Crippen LogP contribution in [0.25, 0.3) is 11.4 Å². The molecule has 0 atom stereocenters. The van der Waals surface area contributed by atoms with Crippen molar-refractivity contribution in [3.05, 3.63) is 69.7 Å². The normalized spacial score (nSPS) is 10.8. The van der Waals surface area contributed by atoms with Crippen LogP contribution in [0.5, 0.6) is 0 Å². The minimum absolute atomic E-state index is 0.102. The number of nitrogens with one attached hydrogen (secondary N) is 2. The van der Waals surface area contributed by atoms with Gasteiger partial charge in [-0.15, -0.1) is 0 Å². The lowest BCUT2D eigenvalue weighted by molar-refractivity contribution is -0.121. The molecule has 7 heteroatoms. The first-order valence-corrected chi connectivity index (χ1v) is 9.09. The number of aromatic nitrogens is 3. The zero-order valence-electron chi connectivity index (χ0n) is 15.3. The summed E-state index contributed by atoms with van der Waals surface area (Å²) >= 11 is 5.30. The summed E-state index contributed by atoms with van der Waals surface area (Å²) in [7, 11) is 0. The third kappa shape index (κ3) is 4.68. The van der Waals surface area contributed by atoms with Gasteiger partial charge in [-0.05, 0) is 43.3 Å². The van der Waals surface area contributed by atoms with Gasteiger partial charge in [-0.25, -0.2) is 4.39 Å². The number of nitrogens with zero attached hydrogens (tertiary/aromatic N) is 2. The molecule has 2 aromatic carbocycles. The van der Waals surface area contributed by atoms with E-state index in [1.54, 1.807) is 19.1 Å². The highest BCUT2D eigenvalue weighted by atomic mass is 32.1. The molecule has 1 heterocycles. The predicted octanol–water partition coefficient (Wildman–Crippen LogP) is 4.07. The fraction of sp³-hybridized carbons (Fsp3) is 0.250. The number of carbonyl (C=O) groups excluding carboxylic acids is 1. The number of aromatic amines is 1. The minimum Gasteiger partial charge on any atom is -0.352 e. The third-order valence-electron chi connectivity index (χ3n) is 4.34. The Kier molecular flexibility index (Phi) is 5.81. The van der Waals surface area contributed by atoms with Crippen molar-refractivity contribution >= 4 is 18.1 Å². The lowest BCUT2D eigenvalue weighted by Gasteiger charge is -2.09. The molecular formula is C20H21FN4OS. The van der Waals surface area contributed by atoms with Gasteiger partial charge in [-0.2, -0.15) is 5.10 Å². The van der Waals surface area contributed by atoms with Crippen LogP contribution in [0.15, 0.2) is 42.5 Å². The SMILES string of the molecule is Cc1ccc(-c2n[nH]c(=S)n2CCC(=O)NCc2ccc(F)c(C)c2)cc1. The lowest BCUT2D eigenvalue weighted by Crippen LogP contribution is -2.24. The van der Waals surface area contributed by atoms with Crippen LogP contribution in [0, 0.1) is 24.4 Å². The molecule has 0 saturated heterocycles. The van der Waals surface area contributed by atoms with Gasteiger partial charge >= 0.3 is 0 Å². The highest BCUT2D eigenvalue weighted by Crippen LogP contribution is 2.18. The van der Waals surface area contributed by atoms with Gasteiger partial charge in [0.25, 0.3) is 0 Å². The molecule has 0 saturated carbocycles. The number of H-pyrrole nitrogens is 1. The van der Waals surface area contributed by atoms with Crippen LogP contribution in [-0.2, 0) is 17.9 Å². The van der Waals surface area contributed by atoms with Crippen LogP contribution in [0.4, 0.5) is 4.39 Å². The maximum absolute atomic E-state index is 13.3. The van der Waals surface area contributed by atoms with Gasteiger partial charge < -0.3 is 5.32 Å². The Bertz CT molecular complexity index is 1010. The number of benzene rings is 2. The summed E-state index contributed by atoms with van der Waals surface area (Å²) in [5.41, 5.74) is 3.53. The summed E-state index contributed by atoms with van der Waals surface area (Å²) in [5.74, 6) is 0.361. The van der Waals surface area contributed by atoms with E-state index in [9.17, 15) is 9.18 Å². The Hall–Kier alpha value is -2.80. The molecule has 27 heavy (non-hydrogen) atoms. The molecule has 0 bridgehead atoms. The Labute approximate surface area is 162 Å². The number of rotatable bonds is 6. The molecule has 3 rings (SSSR count). The van der Waals surface area contributed by atoms with Crippen molar-refractivity contribution in [2.45, 2.75) is 33.4 Å². The van der Waals surface area contributed by atoms with E-state index in [2.05, 4.69) is 15.5 Å². The molecule has 3 aromatic rings. The molecule has 0 unspecified atom stereocenters. The quantitative estimate of drug-likeness (QED) is 0.630. The van der Waals surface area contributed by atoms with Gasteiger partial charge in [-0.3, -0.25) is 14.5 Å². The largest absolute Gasteiger partial charge is 0.352 e. The lowest BCUT2D eigenvalue weighted by atomic mass is 10.1. The van der Waals surface area contributed by atoms with E-state index >= 15 is 0 Å². The molecule has 140 valence electrons. The molecule has 5 nitrogen and oxygen atoms in total. The van der Waals surface area contributed by atoms with Crippen molar-refractivity contribution in [1.82, 2.24) is 20.1 Å². The molecule has 0 aliphatic rings. The highest BCUT2D eigenvalue weighted by Gasteiger charge is 2.11.